The summed E-state index contributed by atoms with van der Waals surface area (Å²) in [5.74, 6) is -0.166. The van der Waals surface area contributed by atoms with Crippen LogP contribution < -0.4 is 5.32 Å². The van der Waals surface area contributed by atoms with Crippen LogP contribution in [0.15, 0.2) is 29.8 Å². The first-order chi connectivity index (χ1) is 6.34. The molecule has 1 heterocycles. The van der Waals surface area contributed by atoms with E-state index in [1.165, 1.54) is 11.6 Å². The fourth-order valence-electron chi connectivity index (χ4n) is 1.54. The van der Waals surface area contributed by atoms with E-state index in [9.17, 15) is 4.39 Å². The Hall–Kier alpha value is -1.15. The predicted octanol–water partition coefficient (Wildman–Crippen LogP) is 2.20. The summed E-state index contributed by atoms with van der Waals surface area (Å²) in [6.07, 6.45) is 3.14. The highest BCUT2D eigenvalue weighted by Crippen LogP contribution is 2.13. The van der Waals surface area contributed by atoms with Gasteiger partial charge in [-0.05, 0) is 30.7 Å². The van der Waals surface area contributed by atoms with Crippen LogP contribution in [0.4, 0.5) is 4.39 Å². The van der Waals surface area contributed by atoms with Gasteiger partial charge in [-0.15, -0.1) is 0 Å². The van der Waals surface area contributed by atoms with Crippen LogP contribution in [0.2, 0.25) is 0 Å². The molecule has 13 heavy (non-hydrogen) atoms. The first-order valence-electron chi connectivity index (χ1n) is 4.50. The lowest BCUT2D eigenvalue weighted by atomic mass is 10.1. The fourth-order valence-corrected chi connectivity index (χ4v) is 1.54. The summed E-state index contributed by atoms with van der Waals surface area (Å²) in [6.45, 7) is 1.98. The summed E-state index contributed by atoms with van der Waals surface area (Å²) in [5, 5.41) is 3.25. The van der Waals surface area contributed by atoms with Crippen LogP contribution in [0.5, 0.6) is 0 Å². The number of halogens is 1. The molecule has 0 radical (unpaired) electrons. The maximum absolute atomic E-state index is 12.8. The predicted molar refractivity (Wildman–Crippen MR) is 51.9 cm³/mol. The molecule has 1 N–H and O–H groups in total. The van der Waals surface area contributed by atoms with Crippen molar-refractivity contribution in [2.75, 3.05) is 13.1 Å². The monoisotopic (exact) mass is 177 g/mol. The Kier molecular flexibility index (Phi) is 2.41. The summed E-state index contributed by atoms with van der Waals surface area (Å²) in [5.41, 5.74) is 2.31. The lowest BCUT2D eigenvalue weighted by Crippen LogP contribution is -2.04. The number of hydrogen-bond donors (Lipinski definition) is 1. The van der Waals surface area contributed by atoms with Gasteiger partial charge in [0.25, 0.3) is 0 Å². The number of benzene rings is 1. The highest BCUT2D eigenvalue weighted by molar-refractivity contribution is 5.53. The van der Waals surface area contributed by atoms with E-state index in [1.54, 1.807) is 12.1 Å². The van der Waals surface area contributed by atoms with Crippen LogP contribution in [0.25, 0.3) is 6.08 Å². The first-order valence-corrected chi connectivity index (χ1v) is 4.50. The molecule has 1 saturated heterocycles. The van der Waals surface area contributed by atoms with Crippen LogP contribution in [0, 0.1) is 5.82 Å². The topological polar surface area (TPSA) is 12.0 Å². The number of rotatable bonds is 1. The van der Waals surface area contributed by atoms with Gasteiger partial charge >= 0.3 is 0 Å². The van der Waals surface area contributed by atoms with Crippen molar-refractivity contribution in [3.8, 4) is 0 Å². The fraction of sp³-hybridized carbons (Fsp3) is 0.273. The van der Waals surface area contributed by atoms with Crippen molar-refractivity contribution < 1.29 is 4.39 Å². The van der Waals surface area contributed by atoms with Crippen molar-refractivity contribution >= 4 is 6.08 Å². The smallest absolute Gasteiger partial charge is 0.123 e. The second-order valence-corrected chi connectivity index (χ2v) is 3.28. The third-order valence-electron chi connectivity index (χ3n) is 2.19. The summed E-state index contributed by atoms with van der Waals surface area (Å²) < 4.78 is 12.8. The molecular formula is C11H12FN. The highest BCUT2D eigenvalue weighted by Gasteiger charge is 2.04. The Balaban J connectivity index is 2.21. The van der Waals surface area contributed by atoms with Gasteiger partial charge < -0.3 is 5.32 Å². The van der Waals surface area contributed by atoms with E-state index >= 15 is 0 Å². The van der Waals surface area contributed by atoms with Crippen LogP contribution in [-0.2, 0) is 0 Å². The van der Waals surface area contributed by atoms with Gasteiger partial charge in [0.1, 0.15) is 5.82 Å². The van der Waals surface area contributed by atoms with E-state index in [4.69, 9.17) is 0 Å². The van der Waals surface area contributed by atoms with Gasteiger partial charge in [-0.1, -0.05) is 23.8 Å². The molecule has 0 aromatic heterocycles. The lowest BCUT2D eigenvalue weighted by molar-refractivity contribution is 0.627. The Labute approximate surface area is 77.3 Å². The zero-order valence-corrected chi connectivity index (χ0v) is 7.39. The molecule has 0 bridgehead atoms. The SMILES string of the molecule is Fc1cccc(C=C2CCNC2)c1. The third-order valence-corrected chi connectivity index (χ3v) is 2.19. The van der Waals surface area contributed by atoms with Crippen molar-refractivity contribution in [2.24, 2.45) is 0 Å². The van der Waals surface area contributed by atoms with E-state index in [0.717, 1.165) is 25.1 Å². The van der Waals surface area contributed by atoms with Gasteiger partial charge in [0, 0.05) is 6.54 Å². The van der Waals surface area contributed by atoms with E-state index in [-0.39, 0.29) is 5.82 Å². The van der Waals surface area contributed by atoms with Crippen molar-refractivity contribution in [1.82, 2.24) is 5.32 Å². The molecule has 1 aliphatic heterocycles. The zero-order valence-electron chi connectivity index (χ0n) is 7.39. The summed E-state index contributed by atoms with van der Waals surface area (Å²) in [4.78, 5) is 0. The summed E-state index contributed by atoms with van der Waals surface area (Å²) >= 11 is 0. The number of nitrogens with one attached hydrogen (secondary N) is 1. The molecule has 1 nitrogen and oxygen atoms in total. The average Bonchev–Trinajstić information content (AvgIpc) is 2.57. The van der Waals surface area contributed by atoms with Gasteiger partial charge in [-0.25, -0.2) is 4.39 Å². The Morgan fingerprint density at radius 2 is 2.31 bits per heavy atom. The molecule has 0 spiro atoms. The molecule has 0 amide bonds. The van der Waals surface area contributed by atoms with Gasteiger partial charge in [0.15, 0.2) is 0 Å². The van der Waals surface area contributed by atoms with E-state index in [0.29, 0.717) is 0 Å². The maximum atomic E-state index is 12.8. The molecule has 1 aromatic carbocycles. The Bertz CT molecular complexity index is 323. The van der Waals surface area contributed by atoms with E-state index in [2.05, 4.69) is 11.4 Å². The molecular weight excluding hydrogens is 165 g/mol. The van der Waals surface area contributed by atoms with Crippen molar-refractivity contribution in [2.45, 2.75) is 6.42 Å². The van der Waals surface area contributed by atoms with Gasteiger partial charge in [-0.2, -0.15) is 0 Å². The molecule has 0 unspecified atom stereocenters. The minimum absolute atomic E-state index is 0.166. The van der Waals surface area contributed by atoms with Gasteiger partial charge in [0.05, 0.1) is 0 Å². The molecule has 1 aliphatic rings. The highest BCUT2D eigenvalue weighted by atomic mass is 19.1. The standard InChI is InChI=1S/C11H12FN/c12-11-3-1-2-9(7-11)6-10-4-5-13-8-10/h1-3,6-7,13H,4-5,8H2. The van der Waals surface area contributed by atoms with Crippen LogP contribution >= 0.6 is 0 Å². The van der Waals surface area contributed by atoms with E-state index < -0.39 is 0 Å². The number of hydrogen-bond acceptors (Lipinski definition) is 1. The molecule has 2 rings (SSSR count). The molecule has 1 fully saturated rings. The van der Waals surface area contributed by atoms with Crippen LogP contribution in [0.3, 0.4) is 0 Å². The first kappa shape index (κ1) is 8.45. The third kappa shape index (κ3) is 2.16. The summed E-state index contributed by atoms with van der Waals surface area (Å²) in [7, 11) is 0. The Morgan fingerprint density at radius 1 is 1.38 bits per heavy atom. The molecule has 0 atom stereocenters. The molecule has 1 aromatic rings. The normalized spacial score (nSPS) is 19.6. The van der Waals surface area contributed by atoms with Crippen molar-refractivity contribution in [3.63, 3.8) is 0 Å². The van der Waals surface area contributed by atoms with Gasteiger partial charge in [-0.3, -0.25) is 0 Å². The second kappa shape index (κ2) is 3.71. The maximum Gasteiger partial charge on any atom is 0.123 e. The molecule has 68 valence electrons. The largest absolute Gasteiger partial charge is 0.313 e. The van der Waals surface area contributed by atoms with E-state index in [1.807, 2.05) is 6.07 Å². The van der Waals surface area contributed by atoms with Crippen molar-refractivity contribution in [3.05, 3.63) is 41.2 Å². The molecule has 0 aliphatic carbocycles. The average molecular weight is 177 g/mol. The van der Waals surface area contributed by atoms with Gasteiger partial charge in [0.2, 0.25) is 0 Å². The quantitative estimate of drug-likeness (QED) is 0.693. The minimum Gasteiger partial charge on any atom is -0.313 e. The Morgan fingerprint density at radius 3 is 3.00 bits per heavy atom. The summed E-state index contributed by atoms with van der Waals surface area (Å²) in [6, 6.07) is 6.69. The lowest BCUT2D eigenvalue weighted by Gasteiger charge is -1.96. The minimum atomic E-state index is -0.166. The zero-order chi connectivity index (χ0) is 9.10. The second-order valence-electron chi connectivity index (χ2n) is 3.28. The van der Waals surface area contributed by atoms with Crippen molar-refractivity contribution in [1.29, 1.82) is 0 Å². The van der Waals surface area contributed by atoms with Crippen LogP contribution in [0.1, 0.15) is 12.0 Å². The van der Waals surface area contributed by atoms with Crippen LogP contribution in [-0.4, -0.2) is 13.1 Å². The molecule has 0 saturated carbocycles. The molecule has 2 heteroatoms.